The zero-order chi connectivity index (χ0) is 27.2. The van der Waals surface area contributed by atoms with Gasteiger partial charge >= 0.3 is 5.97 Å². The smallest absolute Gasteiger partial charge is 0.303 e. The Labute approximate surface area is 217 Å². The Morgan fingerprint density at radius 3 is 2.35 bits per heavy atom. The van der Waals surface area contributed by atoms with Gasteiger partial charge in [-0.15, -0.1) is 0 Å². The fourth-order valence-corrected chi connectivity index (χ4v) is 8.84. The third-order valence-electron chi connectivity index (χ3n) is 7.33. The number of likely N-dealkylation sites (tertiary alicyclic amines) is 1. The van der Waals surface area contributed by atoms with Crippen molar-refractivity contribution < 1.29 is 31.5 Å². The Bertz CT molecular complexity index is 1460. The molecule has 2 aliphatic rings. The molecule has 2 aliphatic heterocycles. The Balaban J connectivity index is 1.54. The molecule has 4 rings (SSSR count). The van der Waals surface area contributed by atoms with Crippen LogP contribution in [0.1, 0.15) is 62.6 Å². The van der Waals surface area contributed by atoms with Crippen LogP contribution in [0, 0.1) is 6.92 Å². The number of amides is 1. The standard InChI is InChI=1S/C26H32N2O7S2/c1-17-15-20-23(36(32,33)21-8-5-4-7-19(21)26(20,2)3)16-22(17)37(34,35)27-18-11-13-28(14-12-18)24(29)9-6-10-25(30)31/h4-5,7-8,15-16,18,27H,6,9-14H2,1-3H3,(H,30,31). The van der Waals surface area contributed by atoms with Crippen molar-refractivity contribution in [2.75, 3.05) is 13.1 Å². The first kappa shape index (κ1) is 27.3. The lowest BCUT2D eigenvalue weighted by Crippen LogP contribution is -2.46. The minimum Gasteiger partial charge on any atom is -0.481 e. The van der Waals surface area contributed by atoms with Crippen molar-refractivity contribution in [3.63, 3.8) is 0 Å². The summed E-state index contributed by atoms with van der Waals surface area (Å²) in [5.41, 5.74) is 1.08. The van der Waals surface area contributed by atoms with Crippen molar-refractivity contribution >= 4 is 31.7 Å². The molecule has 0 aromatic heterocycles. The molecule has 9 nitrogen and oxygen atoms in total. The Kier molecular flexibility index (Phi) is 7.26. The number of fused-ring (bicyclic) bond motifs is 2. The van der Waals surface area contributed by atoms with E-state index in [0.29, 0.717) is 42.6 Å². The minimum atomic E-state index is -4.03. The lowest BCUT2D eigenvalue weighted by atomic mass is 9.77. The summed E-state index contributed by atoms with van der Waals surface area (Å²) < 4.78 is 56.5. The van der Waals surface area contributed by atoms with Gasteiger partial charge in [-0.2, -0.15) is 0 Å². The summed E-state index contributed by atoms with van der Waals surface area (Å²) in [5.74, 6) is -1.08. The van der Waals surface area contributed by atoms with Crippen LogP contribution in [0.15, 0.2) is 51.1 Å². The van der Waals surface area contributed by atoms with Crippen molar-refractivity contribution in [3.05, 3.63) is 53.1 Å². The van der Waals surface area contributed by atoms with Gasteiger partial charge in [-0.05, 0) is 55.0 Å². The first-order valence-corrected chi connectivity index (χ1v) is 15.2. The SMILES string of the molecule is Cc1cc2c(cc1S(=O)(=O)NC1CCN(C(=O)CCCC(=O)O)CC1)S(=O)(=O)c1ccccc1C2(C)C. The average Bonchev–Trinajstić information content (AvgIpc) is 2.82. The number of hydrogen-bond acceptors (Lipinski definition) is 6. The van der Waals surface area contributed by atoms with E-state index in [2.05, 4.69) is 4.72 Å². The maximum absolute atomic E-state index is 13.5. The highest BCUT2D eigenvalue weighted by molar-refractivity contribution is 7.92. The second kappa shape index (κ2) is 9.85. The molecule has 2 aromatic rings. The van der Waals surface area contributed by atoms with E-state index in [1.807, 2.05) is 13.8 Å². The van der Waals surface area contributed by atoms with Crippen LogP contribution >= 0.6 is 0 Å². The van der Waals surface area contributed by atoms with Crippen LogP contribution in [0.2, 0.25) is 0 Å². The van der Waals surface area contributed by atoms with E-state index in [0.717, 1.165) is 0 Å². The fraction of sp³-hybridized carbons (Fsp3) is 0.462. The van der Waals surface area contributed by atoms with Gasteiger partial charge in [0.2, 0.25) is 25.8 Å². The van der Waals surface area contributed by atoms with Gasteiger partial charge in [-0.1, -0.05) is 38.1 Å². The number of sulfonamides is 1. The third kappa shape index (κ3) is 5.17. The Hall–Kier alpha value is -2.76. The number of nitrogens with one attached hydrogen (secondary N) is 1. The molecule has 0 atom stereocenters. The van der Waals surface area contributed by atoms with E-state index < -0.39 is 37.3 Å². The number of nitrogens with zero attached hydrogens (tertiary/aromatic N) is 1. The van der Waals surface area contributed by atoms with Gasteiger partial charge in [-0.25, -0.2) is 21.6 Å². The quantitative estimate of drug-likeness (QED) is 0.542. The molecule has 0 unspecified atom stereocenters. The molecule has 1 saturated heterocycles. The van der Waals surface area contributed by atoms with Crippen LogP contribution in [-0.4, -0.2) is 57.8 Å². The predicted molar refractivity (Wildman–Crippen MR) is 137 cm³/mol. The highest BCUT2D eigenvalue weighted by Crippen LogP contribution is 2.46. The van der Waals surface area contributed by atoms with Crippen LogP contribution in [0.5, 0.6) is 0 Å². The van der Waals surface area contributed by atoms with Crippen molar-refractivity contribution in [1.82, 2.24) is 9.62 Å². The molecule has 2 aromatic carbocycles. The van der Waals surface area contributed by atoms with Gasteiger partial charge < -0.3 is 10.0 Å². The molecule has 0 aliphatic carbocycles. The molecule has 0 spiro atoms. The summed E-state index contributed by atoms with van der Waals surface area (Å²) >= 11 is 0. The molecule has 1 amide bonds. The topological polar surface area (TPSA) is 138 Å². The van der Waals surface area contributed by atoms with E-state index in [4.69, 9.17) is 5.11 Å². The lowest BCUT2D eigenvalue weighted by molar-refractivity contribution is -0.137. The van der Waals surface area contributed by atoms with E-state index in [9.17, 15) is 26.4 Å². The molecule has 2 heterocycles. The fourth-order valence-electron chi connectivity index (χ4n) is 5.23. The van der Waals surface area contributed by atoms with Crippen molar-refractivity contribution in [3.8, 4) is 0 Å². The summed E-state index contributed by atoms with van der Waals surface area (Å²) in [7, 11) is -7.94. The molecule has 0 radical (unpaired) electrons. The minimum absolute atomic E-state index is 0.00366. The third-order valence-corrected chi connectivity index (χ3v) is 10.8. The molecule has 2 N–H and O–H groups in total. The first-order chi connectivity index (χ1) is 17.2. The maximum atomic E-state index is 13.5. The number of carboxylic acid groups (broad SMARTS) is 1. The number of aliphatic carboxylic acids is 1. The zero-order valence-electron chi connectivity index (χ0n) is 21.2. The highest BCUT2D eigenvalue weighted by Gasteiger charge is 2.41. The summed E-state index contributed by atoms with van der Waals surface area (Å²) in [4.78, 5) is 24.7. The number of rotatable bonds is 7. The molecule has 11 heteroatoms. The number of benzene rings is 2. The molecule has 0 saturated carbocycles. The van der Waals surface area contributed by atoms with Crippen LogP contribution in [0.4, 0.5) is 0 Å². The Morgan fingerprint density at radius 1 is 1.05 bits per heavy atom. The first-order valence-electron chi connectivity index (χ1n) is 12.3. The largest absolute Gasteiger partial charge is 0.481 e. The number of carboxylic acids is 1. The van der Waals surface area contributed by atoms with Crippen molar-refractivity contribution in [1.29, 1.82) is 0 Å². The summed E-state index contributed by atoms with van der Waals surface area (Å²) in [5, 5.41) is 8.73. The summed E-state index contributed by atoms with van der Waals surface area (Å²) in [6.45, 7) is 6.25. The van der Waals surface area contributed by atoms with Gasteiger partial charge in [0.1, 0.15) is 0 Å². The number of aryl methyl sites for hydroxylation is 1. The van der Waals surface area contributed by atoms with E-state index in [-0.39, 0.29) is 39.9 Å². The number of sulfone groups is 1. The molecule has 1 fully saturated rings. The zero-order valence-corrected chi connectivity index (χ0v) is 22.8. The molecular weight excluding hydrogens is 516 g/mol. The molecular formula is C26H32N2O7S2. The lowest BCUT2D eigenvalue weighted by Gasteiger charge is -2.35. The summed E-state index contributed by atoms with van der Waals surface area (Å²) in [6.07, 6.45) is 1.16. The summed E-state index contributed by atoms with van der Waals surface area (Å²) in [6, 6.07) is 9.34. The van der Waals surface area contributed by atoms with Gasteiger partial charge in [0.15, 0.2) is 0 Å². The van der Waals surface area contributed by atoms with Gasteiger partial charge in [0.25, 0.3) is 0 Å². The van der Waals surface area contributed by atoms with Crippen molar-refractivity contribution in [2.45, 2.75) is 79.0 Å². The molecule has 0 bridgehead atoms. The normalized spacial score (nSPS) is 18.6. The van der Waals surface area contributed by atoms with Crippen LogP contribution in [-0.2, 0) is 34.9 Å². The van der Waals surface area contributed by atoms with E-state index in [1.165, 1.54) is 6.07 Å². The van der Waals surface area contributed by atoms with E-state index in [1.54, 1.807) is 42.2 Å². The molecule has 200 valence electrons. The van der Waals surface area contributed by atoms with E-state index >= 15 is 0 Å². The number of carbonyl (C=O) groups is 2. The number of piperidine rings is 1. The number of carbonyl (C=O) groups excluding carboxylic acids is 1. The second-order valence-corrected chi connectivity index (χ2v) is 13.8. The Morgan fingerprint density at radius 2 is 1.70 bits per heavy atom. The van der Waals surface area contributed by atoms with Crippen LogP contribution < -0.4 is 4.72 Å². The predicted octanol–water partition coefficient (Wildman–Crippen LogP) is 2.99. The van der Waals surface area contributed by atoms with Gasteiger partial charge in [0, 0.05) is 37.4 Å². The second-order valence-electron chi connectivity index (χ2n) is 10.3. The highest BCUT2D eigenvalue weighted by atomic mass is 32.2. The monoisotopic (exact) mass is 548 g/mol. The van der Waals surface area contributed by atoms with Gasteiger partial charge in [-0.3, -0.25) is 9.59 Å². The number of hydrogen-bond donors (Lipinski definition) is 2. The van der Waals surface area contributed by atoms with Crippen molar-refractivity contribution in [2.24, 2.45) is 0 Å². The average molecular weight is 549 g/mol. The van der Waals surface area contributed by atoms with Crippen LogP contribution in [0.3, 0.4) is 0 Å². The molecule has 37 heavy (non-hydrogen) atoms. The van der Waals surface area contributed by atoms with Crippen LogP contribution in [0.25, 0.3) is 0 Å². The van der Waals surface area contributed by atoms with Gasteiger partial charge in [0.05, 0.1) is 14.7 Å². The maximum Gasteiger partial charge on any atom is 0.303 e.